The van der Waals surface area contributed by atoms with Crippen LogP contribution in [0.5, 0.6) is 5.75 Å². The van der Waals surface area contributed by atoms with Gasteiger partial charge in [-0.15, -0.1) is 0 Å². The van der Waals surface area contributed by atoms with Crippen molar-refractivity contribution < 1.29 is 32.6 Å². The fourth-order valence-electron chi connectivity index (χ4n) is 2.04. The number of anilines is 1. The van der Waals surface area contributed by atoms with E-state index < -0.39 is 36.7 Å². The molecule has 0 saturated heterocycles. The van der Waals surface area contributed by atoms with E-state index in [1.807, 2.05) is 0 Å². The summed E-state index contributed by atoms with van der Waals surface area (Å²) >= 11 is 0. The number of amides is 1. The molecule has 0 heterocycles. The Morgan fingerprint density at radius 1 is 0.963 bits per heavy atom. The van der Waals surface area contributed by atoms with Gasteiger partial charge in [0.2, 0.25) is 0 Å². The van der Waals surface area contributed by atoms with Crippen molar-refractivity contribution in [1.29, 1.82) is 0 Å². The molecule has 1 N–H and O–H groups in total. The van der Waals surface area contributed by atoms with Gasteiger partial charge in [0.25, 0.3) is 5.91 Å². The minimum absolute atomic E-state index is 0.00647. The van der Waals surface area contributed by atoms with Crippen LogP contribution in [0.25, 0.3) is 0 Å². The molecular weight excluding hydrogens is 360 g/mol. The van der Waals surface area contributed by atoms with Gasteiger partial charge in [0.15, 0.2) is 30.6 Å². The van der Waals surface area contributed by atoms with Crippen molar-refractivity contribution in [2.45, 2.75) is 13.3 Å². The average molecular weight is 377 g/mol. The lowest BCUT2D eigenvalue weighted by molar-refractivity contribution is -0.149. The third kappa shape index (κ3) is 6.18. The van der Waals surface area contributed by atoms with Crippen molar-refractivity contribution in [2.75, 3.05) is 18.5 Å². The highest BCUT2D eigenvalue weighted by Gasteiger charge is 2.11. The van der Waals surface area contributed by atoms with E-state index in [0.29, 0.717) is 17.7 Å². The number of ether oxygens (including phenoxy) is 2. The molecule has 0 aliphatic heterocycles. The molecule has 0 fully saturated rings. The zero-order valence-corrected chi connectivity index (χ0v) is 14.5. The van der Waals surface area contributed by atoms with Gasteiger partial charge in [-0.1, -0.05) is 6.92 Å². The molecular formula is C19H17F2NO5. The molecule has 2 aromatic rings. The molecule has 0 bridgehead atoms. The van der Waals surface area contributed by atoms with Gasteiger partial charge in [-0.2, -0.15) is 0 Å². The minimum Gasteiger partial charge on any atom is -0.482 e. The van der Waals surface area contributed by atoms with Gasteiger partial charge in [0.05, 0.1) is 0 Å². The summed E-state index contributed by atoms with van der Waals surface area (Å²) in [6.07, 6.45) is 0.388. The van der Waals surface area contributed by atoms with Crippen LogP contribution in [0.2, 0.25) is 0 Å². The van der Waals surface area contributed by atoms with Crippen LogP contribution in [-0.2, 0) is 14.3 Å². The van der Waals surface area contributed by atoms with Gasteiger partial charge in [-0.3, -0.25) is 9.59 Å². The molecule has 27 heavy (non-hydrogen) atoms. The first-order valence-corrected chi connectivity index (χ1v) is 8.05. The fraction of sp³-hybridized carbons (Fsp3) is 0.211. The van der Waals surface area contributed by atoms with Crippen LogP contribution >= 0.6 is 0 Å². The number of hydrogen-bond acceptors (Lipinski definition) is 5. The Balaban J connectivity index is 1.74. The molecule has 0 unspecified atom stereocenters. The predicted molar refractivity (Wildman–Crippen MR) is 92.5 cm³/mol. The normalized spacial score (nSPS) is 10.2. The van der Waals surface area contributed by atoms with Gasteiger partial charge in [0, 0.05) is 23.7 Å². The number of hydrogen-bond donors (Lipinski definition) is 1. The average Bonchev–Trinajstić information content (AvgIpc) is 2.67. The highest BCUT2D eigenvalue weighted by Crippen LogP contribution is 2.14. The quantitative estimate of drug-likeness (QED) is 0.565. The summed E-state index contributed by atoms with van der Waals surface area (Å²) in [4.78, 5) is 34.8. The first-order chi connectivity index (χ1) is 12.9. The molecule has 0 radical (unpaired) electrons. The van der Waals surface area contributed by atoms with E-state index in [1.165, 1.54) is 6.07 Å². The number of rotatable bonds is 8. The summed E-state index contributed by atoms with van der Waals surface area (Å²) in [5.74, 6) is -3.28. The molecule has 0 spiro atoms. The molecule has 8 heteroatoms. The lowest BCUT2D eigenvalue weighted by Crippen LogP contribution is -2.23. The van der Waals surface area contributed by atoms with E-state index in [-0.39, 0.29) is 11.5 Å². The smallest absolute Gasteiger partial charge is 0.344 e. The predicted octanol–water partition coefficient (Wildman–Crippen LogP) is 3.12. The molecule has 0 atom stereocenters. The third-order valence-electron chi connectivity index (χ3n) is 3.42. The number of carbonyl (C=O) groups is 3. The van der Waals surface area contributed by atoms with Gasteiger partial charge in [-0.05, 0) is 36.4 Å². The monoisotopic (exact) mass is 377 g/mol. The molecule has 0 aromatic heterocycles. The molecule has 2 rings (SSSR count). The van der Waals surface area contributed by atoms with Crippen LogP contribution in [-0.4, -0.2) is 30.9 Å². The van der Waals surface area contributed by atoms with Crippen LogP contribution in [0.15, 0.2) is 42.5 Å². The second kappa shape index (κ2) is 9.42. The Kier molecular flexibility index (Phi) is 6.99. The van der Waals surface area contributed by atoms with E-state index in [4.69, 9.17) is 9.47 Å². The number of ketones is 1. The van der Waals surface area contributed by atoms with Crippen molar-refractivity contribution in [3.8, 4) is 5.75 Å². The molecule has 6 nitrogen and oxygen atoms in total. The number of Topliss-reactive ketones (excluding diaryl/α,β-unsaturated/α-hetero) is 1. The van der Waals surface area contributed by atoms with Crippen molar-refractivity contribution in [1.82, 2.24) is 0 Å². The van der Waals surface area contributed by atoms with E-state index in [1.54, 1.807) is 31.2 Å². The highest BCUT2D eigenvalue weighted by molar-refractivity contribution is 5.96. The number of nitrogens with one attached hydrogen (secondary N) is 1. The number of benzene rings is 2. The maximum Gasteiger partial charge on any atom is 0.344 e. The number of esters is 1. The number of halogens is 2. The molecule has 0 saturated carbocycles. The first-order valence-electron chi connectivity index (χ1n) is 8.05. The zero-order valence-electron chi connectivity index (χ0n) is 14.5. The SMILES string of the molecule is CCC(=O)c1ccc(OCC(=O)OCC(=O)Nc2ccc(F)c(F)c2)cc1. The van der Waals surface area contributed by atoms with E-state index in [2.05, 4.69) is 5.32 Å². The lowest BCUT2D eigenvalue weighted by atomic mass is 10.1. The van der Waals surface area contributed by atoms with Gasteiger partial charge < -0.3 is 14.8 Å². The summed E-state index contributed by atoms with van der Waals surface area (Å²) in [6, 6.07) is 9.12. The van der Waals surface area contributed by atoms with Crippen LogP contribution in [0.4, 0.5) is 14.5 Å². The van der Waals surface area contributed by atoms with E-state index >= 15 is 0 Å². The summed E-state index contributed by atoms with van der Waals surface area (Å²) in [5.41, 5.74) is 0.578. The van der Waals surface area contributed by atoms with Crippen molar-refractivity contribution in [2.24, 2.45) is 0 Å². The Labute approximate surface area is 154 Å². The zero-order chi connectivity index (χ0) is 19.8. The van der Waals surface area contributed by atoms with Gasteiger partial charge in [-0.25, -0.2) is 13.6 Å². The third-order valence-corrected chi connectivity index (χ3v) is 3.42. The molecule has 142 valence electrons. The van der Waals surface area contributed by atoms with Gasteiger partial charge >= 0.3 is 5.97 Å². The molecule has 1 amide bonds. The van der Waals surface area contributed by atoms with Crippen LogP contribution in [0, 0.1) is 11.6 Å². The lowest BCUT2D eigenvalue weighted by Gasteiger charge is -2.08. The van der Waals surface area contributed by atoms with Crippen molar-refractivity contribution >= 4 is 23.3 Å². The minimum atomic E-state index is -1.11. The Hall–Kier alpha value is -3.29. The Morgan fingerprint density at radius 2 is 1.67 bits per heavy atom. The topological polar surface area (TPSA) is 81.7 Å². The fourth-order valence-corrected chi connectivity index (χ4v) is 2.04. The standard InChI is InChI=1S/C19H17F2NO5/c1-2-17(23)12-3-6-14(7-4-12)26-11-19(25)27-10-18(24)22-13-5-8-15(20)16(21)9-13/h3-9H,2,10-11H2,1H3,(H,22,24). The van der Waals surface area contributed by atoms with Crippen molar-refractivity contribution in [3.63, 3.8) is 0 Å². The maximum atomic E-state index is 13.0. The summed E-state index contributed by atoms with van der Waals surface area (Å²) < 4.78 is 35.8. The summed E-state index contributed by atoms with van der Waals surface area (Å²) in [5, 5.41) is 2.27. The van der Waals surface area contributed by atoms with Gasteiger partial charge in [0.1, 0.15) is 5.75 Å². The first kappa shape index (κ1) is 20.0. The molecule has 0 aliphatic rings. The molecule has 2 aromatic carbocycles. The van der Waals surface area contributed by atoms with Crippen LogP contribution in [0.3, 0.4) is 0 Å². The molecule has 0 aliphatic carbocycles. The van der Waals surface area contributed by atoms with Crippen LogP contribution in [0.1, 0.15) is 23.7 Å². The second-order valence-electron chi connectivity index (χ2n) is 5.43. The second-order valence-corrected chi connectivity index (χ2v) is 5.43. The van der Waals surface area contributed by atoms with E-state index in [0.717, 1.165) is 12.1 Å². The summed E-state index contributed by atoms with van der Waals surface area (Å²) in [6.45, 7) is 0.718. The van der Waals surface area contributed by atoms with E-state index in [9.17, 15) is 23.2 Å². The Bertz CT molecular complexity index is 836. The highest BCUT2D eigenvalue weighted by atomic mass is 19.2. The van der Waals surface area contributed by atoms with Crippen LogP contribution < -0.4 is 10.1 Å². The largest absolute Gasteiger partial charge is 0.482 e. The van der Waals surface area contributed by atoms with Crippen molar-refractivity contribution in [3.05, 3.63) is 59.7 Å². The maximum absolute atomic E-state index is 13.0. The Morgan fingerprint density at radius 3 is 2.30 bits per heavy atom. The summed E-state index contributed by atoms with van der Waals surface area (Å²) in [7, 11) is 0. The number of carbonyl (C=O) groups excluding carboxylic acids is 3.